The number of nitrogens with two attached hydrogens (primary N) is 1. The largest absolute Gasteiger partial charge is 0.444 e. The summed E-state index contributed by atoms with van der Waals surface area (Å²) in [6, 6.07) is 24.7. The Hall–Kier alpha value is -5.89. The molecule has 0 aliphatic heterocycles. The number of ether oxygens (including phenoxy) is 1. The summed E-state index contributed by atoms with van der Waals surface area (Å²) in [7, 11) is 0. The number of rotatable bonds is 9. The van der Waals surface area contributed by atoms with Crippen molar-refractivity contribution in [2.24, 2.45) is 16.6 Å². The maximum absolute atomic E-state index is 14.5. The molecule has 0 saturated carbocycles. The normalized spacial score (nSPS) is 13.0. The van der Waals surface area contributed by atoms with Crippen LogP contribution in [0.3, 0.4) is 0 Å². The number of nitrogens with zero attached hydrogens (tertiary/aromatic N) is 6. The third-order valence-corrected chi connectivity index (χ3v) is 9.09. The van der Waals surface area contributed by atoms with E-state index < -0.39 is 52.5 Å². The molecule has 312 valence electrons. The SMILES string of the molecule is CC(C)(C)OC(=O)N[C@@H](c1nc(-c2cc(F)ccc2F)nn1Cc1ccccc1)C(C)(C)C.CC(C)(C)[C@@H](N)c1nc(-c2cc(F)ccc2F)nn1Cc1ccccc1. The molecule has 6 aromatic rings. The highest BCUT2D eigenvalue weighted by Crippen LogP contribution is 2.35. The Morgan fingerprint density at radius 2 is 1.07 bits per heavy atom. The van der Waals surface area contributed by atoms with E-state index in [4.69, 9.17) is 10.5 Å². The molecule has 0 unspecified atom stereocenters. The Kier molecular flexibility index (Phi) is 13.4. The quantitative estimate of drug-likeness (QED) is 0.139. The second-order valence-electron chi connectivity index (χ2n) is 17.4. The molecule has 3 N–H and O–H groups in total. The van der Waals surface area contributed by atoms with Crippen molar-refractivity contribution in [1.82, 2.24) is 34.8 Å². The average Bonchev–Trinajstić information content (AvgIpc) is 3.76. The lowest BCUT2D eigenvalue weighted by atomic mass is 9.86. The molecule has 2 heterocycles. The maximum Gasteiger partial charge on any atom is 0.408 e. The standard InChI is InChI=1S/C25H30F2N4O2.C20H22F2N4/c1-24(2,3)20(28-23(32)33-25(4,5)6)22-29-21(18-14-17(26)12-13-19(18)27)30-31(22)15-16-10-8-7-9-11-16;1-20(2,3)17(23)19-24-18(15-11-14(21)9-10-16(15)22)25-26(19)12-13-7-5-4-6-8-13/h7-14,20H,15H2,1-6H3,(H,28,32);4-11,17H,12,23H2,1-3H3/t20-;17-/m00/s1. The molecule has 4 aromatic carbocycles. The second-order valence-corrected chi connectivity index (χ2v) is 17.4. The highest BCUT2D eigenvalue weighted by Gasteiger charge is 2.35. The number of aromatic nitrogens is 6. The van der Waals surface area contributed by atoms with Gasteiger partial charge in [-0.15, -0.1) is 0 Å². The van der Waals surface area contributed by atoms with Gasteiger partial charge in [-0.05, 0) is 79.1 Å². The maximum atomic E-state index is 14.5. The molecule has 0 bridgehead atoms. The minimum absolute atomic E-state index is 0.0270. The molecule has 0 radical (unpaired) electrons. The Bertz CT molecular complexity index is 2340. The summed E-state index contributed by atoms with van der Waals surface area (Å²) in [5.41, 5.74) is 6.90. The lowest BCUT2D eigenvalue weighted by molar-refractivity contribution is 0.0455. The van der Waals surface area contributed by atoms with Crippen molar-refractivity contribution in [2.45, 2.75) is 93.1 Å². The fourth-order valence-electron chi connectivity index (χ4n) is 5.94. The van der Waals surface area contributed by atoms with E-state index in [1.165, 1.54) is 0 Å². The summed E-state index contributed by atoms with van der Waals surface area (Å²) in [5, 5.41) is 11.8. The van der Waals surface area contributed by atoms with Gasteiger partial charge in [0.25, 0.3) is 0 Å². The van der Waals surface area contributed by atoms with Gasteiger partial charge in [-0.3, -0.25) is 0 Å². The van der Waals surface area contributed by atoms with Gasteiger partial charge in [-0.25, -0.2) is 41.7 Å². The van der Waals surface area contributed by atoms with E-state index in [1.54, 1.807) is 30.1 Å². The van der Waals surface area contributed by atoms with E-state index in [2.05, 4.69) is 25.5 Å². The predicted molar refractivity (Wildman–Crippen MR) is 220 cm³/mol. The van der Waals surface area contributed by atoms with Gasteiger partial charge in [-0.2, -0.15) is 10.2 Å². The number of carbonyl (C=O) groups is 1. The zero-order chi connectivity index (χ0) is 43.3. The van der Waals surface area contributed by atoms with E-state index in [9.17, 15) is 22.4 Å². The fraction of sp³-hybridized carbons (Fsp3) is 0.356. The molecular formula is C45H52F4N8O2. The Morgan fingerprint density at radius 3 is 1.47 bits per heavy atom. The molecule has 0 saturated heterocycles. The van der Waals surface area contributed by atoms with Crippen LogP contribution in [-0.2, 0) is 17.8 Å². The van der Waals surface area contributed by atoms with Crippen molar-refractivity contribution < 1.29 is 27.1 Å². The van der Waals surface area contributed by atoms with Gasteiger partial charge < -0.3 is 15.8 Å². The number of amides is 1. The molecule has 2 aromatic heterocycles. The van der Waals surface area contributed by atoms with Gasteiger partial charge >= 0.3 is 6.09 Å². The van der Waals surface area contributed by atoms with Crippen molar-refractivity contribution in [3.8, 4) is 22.8 Å². The summed E-state index contributed by atoms with van der Waals surface area (Å²) in [5.74, 6) is -1.21. The molecule has 0 fully saturated rings. The highest BCUT2D eigenvalue weighted by molar-refractivity contribution is 5.68. The van der Waals surface area contributed by atoms with E-state index in [1.807, 2.05) is 102 Å². The number of nitrogens with one attached hydrogen (secondary N) is 1. The molecule has 59 heavy (non-hydrogen) atoms. The van der Waals surface area contributed by atoms with Gasteiger partial charge in [0.2, 0.25) is 0 Å². The van der Waals surface area contributed by atoms with Crippen LogP contribution in [0.2, 0.25) is 0 Å². The Balaban J connectivity index is 0.000000230. The number of hydrogen-bond donors (Lipinski definition) is 2. The van der Waals surface area contributed by atoms with Crippen LogP contribution in [0, 0.1) is 34.1 Å². The lowest BCUT2D eigenvalue weighted by Crippen LogP contribution is -2.41. The lowest BCUT2D eigenvalue weighted by Gasteiger charge is -2.31. The van der Waals surface area contributed by atoms with Gasteiger partial charge in [0.05, 0.1) is 36.3 Å². The summed E-state index contributed by atoms with van der Waals surface area (Å²) < 4.78 is 64.9. The number of benzene rings is 4. The van der Waals surface area contributed by atoms with E-state index in [0.29, 0.717) is 24.7 Å². The van der Waals surface area contributed by atoms with Crippen molar-refractivity contribution in [3.05, 3.63) is 143 Å². The van der Waals surface area contributed by atoms with Gasteiger partial charge in [-0.1, -0.05) is 102 Å². The molecule has 0 spiro atoms. The number of carbonyl (C=O) groups excluding carboxylic acids is 1. The molecule has 0 aliphatic carbocycles. The first-order valence-electron chi connectivity index (χ1n) is 19.2. The van der Waals surface area contributed by atoms with Crippen LogP contribution in [-0.4, -0.2) is 41.2 Å². The summed E-state index contributed by atoms with van der Waals surface area (Å²) in [4.78, 5) is 21.7. The molecule has 10 nitrogen and oxygen atoms in total. The van der Waals surface area contributed by atoms with Crippen molar-refractivity contribution in [1.29, 1.82) is 0 Å². The van der Waals surface area contributed by atoms with Crippen molar-refractivity contribution in [3.63, 3.8) is 0 Å². The van der Waals surface area contributed by atoms with Crippen LogP contribution in [0.25, 0.3) is 22.8 Å². The summed E-state index contributed by atoms with van der Waals surface area (Å²) in [6.07, 6.45) is -0.602. The fourth-order valence-corrected chi connectivity index (χ4v) is 5.94. The van der Waals surface area contributed by atoms with Crippen LogP contribution < -0.4 is 11.1 Å². The topological polar surface area (TPSA) is 126 Å². The summed E-state index contributed by atoms with van der Waals surface area (Å²) >= 11 is 0. The van der Waals surface area contributed by atoms with Crippen molar-refractivity contribution in [2.75, 3.05) is 0 Å². The first kappa shape index (κ1) is 44.2. The van der Waals surface area contributed by atoms with E-state index >= 15 is 0 Å². The average molecular weight is 813 g/mol. The minimum atomic E-state index is -0.680. The third-order valence-electron chi connectivity index (χ3n) is 9.09. The van der Waals surface area contributed by atoms with Crippen LogP contribution in [0.4, 0.5) is 22.4 Å². The number of alkyl carbamates (subject to hydrolysis) is 1. The monoisotopic (exact) mass is 812 g/mol. The molecular weight excluding hydrogens is 761 g/mol. The first-order valence-corrected chi connectivity index (χ1v) is 19.2. The van der Waals surface area contributed by atoms with Gasteiger partial charge in [0.1, 0.15) is 34.7 Å². The Morgan fingerprint density at radius 1 is 0.644 bits per heavy atom. The second kappa shape index (κ2) is 17.9. The van der Waals surface area contributed by atoms with Gasteiger partial charge in [0, 0.05) is 0 Å². The highest BCUT2D eigenvalue weighted by atomic mass is 19.1. The zero-order valence-corrected chi connectivity index (χ0v) is 34.9. The molecule has 14 heteroatoms. The number of halogens is 4. The van der Waals surface area contributed by atoms with Crippen LogP contribution in [0.1, 0.15) is 97.2 Å². The number of hydrogen-bond acceptors (Lipinski definition) is 7. The molecule has 0 aliphatic rings. The predicted octanol–water partition coefficient (Wildman–Crippen LogP) is 10.2. The molecule has 2 atom stereocenters. The first-order chi connectivity index (χ1) is 27.6. The molecule has 6 rings (SSSR count). The van der Waals surface area contributed by atoms with E-state index in [0.717, 1.165) is 47.5 Å². The third kappa shape index (κ3) is 11.8. The summed E-state index contributed by atoms with van der Waals surface area (Å²) in [6.45, 7) is 18.0. The van der Waals surface area contributed by atoms with E-state index in [-0.39, 0.29) is 28.2 Å². The van der Waals surface area contributed by atoms with Crippen molar-refractivity contribution >= 4 is 6.09 Å². The zero-order valence-electron chi connectivity index (χ0n) is 34.9. The molecule has 1 amide bonds. The van der Waals surface area contributed by atoms with Gasteiger partial charge in [0.15, 0.2) is 17.5 Å². The van der Waals surface area contributed by atoms with Crippen LogP contribution in [0.15, 0.2) is 97.1 Å². The smallest absolute Gasteiger partial charge is 0.408 e. The van der Waals surface area contributed by atoms with Crippen LogP contribution >= 0.6 is 0 Å². The minimum Gasteiger partial charge on any atom is -0.444 e. The van der Waals surface area contributed by atoms with Crippen LogP contribution in [0.5, 0.6) is 0 Å². The Labute approximate surface area is 342 Å².